The monoisotopic (exact) mass is 474 g/mol. The van der Waals surface area contributed by atoms with Crippen LogP contribution in [-0.2, 0) is 25.2 Å². The fraction of sp³-hybridized carbons (Fsp3) is 0.571. The molecule has 0 spiro atoms. The van der Waals surface area contributed by atoms with Crippen LogP contribution in [0.1, 0.15) is 52.4 Å². The Morgan fingerprint density at radius 1 is 0.889 bits per heavy atom. The van der Waals surface area contributed by atoms with Gasteiger partial charge in [-0.1, -0.05) is 39.5 Å². The molecule has 0 unspecified atom stereocenters. The molecule has 0 heterocycles. The molecule has 0 N–H and O–H groups in total. The van der Waals surface area contributed by atoms with Gasteiger partial charge in [0.15, 0.2) is 10.5 Å². The molecule has 0 saturated carbocycles. The average Bonchev–Trinajstić information content (AvgIpc) is 2.09. The summed E-state index contributed by atoms with van der Waals surface area (Å²) in [6, 6.07) is 0. The maximum Gasteiger partial charge on any atom is 0.157 e. The second kappa shape index (κ2) is 80.8. The Bertz CT molecular complexity index is 49.1. The van der Waals surface area contributed by atoms with Gasteiger partial charge >= 0.3 is 0 Å². The Hall–Kier alpha value is 1.08. The summed E-state index contributed by atoms with van der Waals surface area (Å²) in [4.78, 5) is 0. The minimum absolute atomic E-state index is 0. The fourth-order valence-corrected chi connectivity index (χ4v) is 0.500. The zero-order chi connectivity index (χ0) is 10.9. The molecule has 125 valence electrons. The Balaban J connectivity index is -0.0000000125. The zero-order valence-electron chi connectivity index (χ0n) is 14.1. The Kier molecular flexibility index (Phi) is 228. The third kappa shape index (κ3) is 171. The van der Waals surface area contributed by atoms with Gasteiger partial charge in [0, 0.05) is 21.1 Å². The predicted octanol–water partition coefficient (Wildman–Crippen LogP) is 3.65. The molecule has 1 radical (unpaired) electrons. The maximum absolute atomic E-state index is 4.42. The SMILES string of the molecule is [CH2-]CCCC.[CH2-]CCCC.[CH3-].[CH3-].[CH3-].[CH3-].[Pt].[SiH2]O[SiH3]. The summed E-state index contributed by atoms with van der Waals surface area (Å²) in [6.07, 6.45) is 7.31. The molecule has 1 nitrogen and oxygen atoms in total. The van der Waals surface area contributed by atoms with E-state index in [1.165, 1.54) is 36.2 Å². The van der Waals surface area contributed by atoms with Crippen molar-refractivity contribution in [2.45, 2.75) is 52.4 Å². The smallest absolute Gasteiger partial charge is 0.157 e. The van der Waals surface area contributed by atoms with Gasteiger partial charge in [0.05, 0.1) is 0 Å². The normalized spacial score (nSPS) is 5.83. The van der Waals surface area contributed by atoms with Gasteiger partial charge in [0.1, 0.15) is 10.5 Å². The van der Waals surface area contributed by atoms with E-state index in [0.717, 1.165) is 23.3 Å². The van der Waals surface area contributed by atoms with Crippen LogP contribution in [0.25, 0.3) is 0 Å². The average molecular weight is 475 g/mol. The summed E-state index contributed by atoms with van der Waals surface area (Å²) < 4.78 is 4.42. The van der Waals surface area contributed by atoms with Crippen molar-refractivity contribution in [3.63, 3.8) is 0 Å². The number of hydrogen-bond acceptors (Lipinski definition) is 1. The van der Waals surface area contributed by atoms with Crippen molar-refractivity contribution in [1.82, 2.24) is 0 Å². The summed E-state index contributed by atoms with van der Waals surface area (Å²) >= 11 is 0. The van der Waals surface area contributed by atoms with E-state index in [1.54, 1.807) is 0 Å². The van der Waals surface area contributed by atoms with Crippen molar-refractivity contribution in [2.75, 3.05) is 0 Å². The van der Waals surface area contributed by atoms with Gasteiger partial charge in [-0.15, -0.1) is 0 Å². The van der Waals surface area contributed by atoms with Crippen LogP contribution in [-0.4, -0.2) is 21.0 Å². The summed E-state index contributed by atoms with van der Waals surface area (Å²) in [5.74, 6) is 0. The molecule has 18 heavy (non-hydrogen) atoms. The summed E-state index contributed by atoms with van der Waals surface area (Å²) in [5, 5.41) is 0. The zero-order valence-corrected chi connectivity index (χ0v) is 19.8. The summed E-state index contributed by atoms with van der Waals surface area (Å²) in [5.41, 5.74) is 0. The van der Waals surface area contributed by atoms with Crippen LogP contribution in [0.3, 0.4) is 0 Å². The molecule has 0 aliphatic heterocycles. The molecule has 0 rings (SSSR count). The first-order chi connectivity index (χ1) is 6.24. The van der Waals surface area contributed by atoms with Crippen LogP contribution in [0.5, 0.6) is 0 Å². The van der Waals surface area contributed by atoms with Gasteiger partial charge in [0.2, 0.25) is 0 Å². The van der Waals surface area contributed by atoms with Crippen LogP contribution < -0.4 is 0 Å². The maximum atomic E-state index is 4.42. The number of unbranched alkanes of at least 4 members (excludes halogenated alkanes) is 4. The van der Waals surface area contributed by atoms with Gasteiger partial charge in [-0.3, -0.25) is 0 Å². The first-order valence-electron chi connectivity index (χ1n) is 5.11. The molecule has 0 aromatic carbocycles. The van der Waals surface area contributed by atoms with Crippen LogP contribution in [0.15, 0.2) is 0 Å². The molecule has 0 fully saturated rings. The van der Waals surface area contributed by atoms with Gasteiger partial charge in [-0.25, -0.2) is 0 Å². The predicted molar refractivity (Wildman–Crippen MR) is 95.0 cm³/mol. The molecule has 4 heteroatoms. The van der Waals surface area contributed by atoms with Crippen molar-refractivity contribution >= 4 is 21.0 Å². The molecule has 0 aliphatic rings. The van der Waals surface area contributed by atoms with E-state index in [-0.39, 0.29) is 50.8 Å². The molecule has 0 atom stereocenters. The van der Waals surface area contributed by atoms with E-state index in [2.05, 4.69) is 31.8 Å². The van der Waals surface area contributed by atoms with E-state index in [9.17, 15) is 0 Å². The first-order valence-corrected chi connectivity index (χ1v) is 6.50. The molecular formula is C14H39OPtSi2-6. The third-order valence-electron chi connectivity index (χ3n) is 1.21. The van der Waals surface area contributed by atoms with Crippen LogP contribution in [0, 0.1) is 43.6 Å². The quantitative estimate of drug-likeness (QED) is 0.446. The van der Waals surface area contributed by atoms with Crippen molar-refractivity contribution in [1.29, 1.82) is 0 Å². The Morgan fingerprint density at radius 3 is 1.06 bits per heavy atom. The van der Waals surface area contributed by atoms with E-state index in [4.69, 9.17) is 0 Å². The minimum atomic E-state index is 0. The van der Waals surface area contributed by atoms with Crippen molar-refractivity contribution in [2.24, 2.45) is 0 Å². The molecule has 0 aromatic heterocycles. The van der Waals surface area contributed by atoms with E-state index < -0.39 is 0 Å². The summed E-state index contributed by atoms with van der Waals surface area (Å²) in [6.45, 7) is 11.7. The second-order valence-electron chi connectivity index (χ2n) is 2.70. The number of hydrogen-bond donors (Lipinski definition) is 0. The largest absolute Gasteiger partial charge is 0.468 e. The fourth-order valence-electron chi connectivity index (χ4n) is 0.500. The third-order valence-corrected chi connectivity index (χ3v) is 1.21. The van der Waals surface area contributed by atoms with E-state index in [1.807, 2.05) is 0 Å². The van der Waals surface area contributed by atoms with Crippen molar-refractivity contribution < 1.29 is 25.2 Å². The molecule has 0 aliphatic carbocycles. The van der Waals surface area contributed by atoms with Crippen LogP contribution in [0.4, 0.5) is 0 Å². The van der Waals surface area contributed by atoms with Gasteiger partial charge in [-0.2, -0.15) is 12.8 Å². The topological polar surface area (TPSA) is 9.23 Å². The van der Waals surface area contributed by atoms with Crippen molar-refractivity contribution in [3.05, 3.63) is 43.6 Å². The Labute approximate surface area is 142 Å². The molecule has 0 saturated heterocycles. The number of rotatable bonds is 4. The first kappa shape index (κ1) is 50.8. The van der Waals surface area contributed by atoms with Gasteiger partial charge in [-0.05, 0) is 0 Å². The van der Waals surface area contributed by atoms with Gasteiger partial charge < -0.3 is 47.7 Å². The molecule has 0 aromatic rings. The second-order valence-corrected chi connectivity index (χ2v) is 5.01. The van der Waals surface area contributed by atoms with Crippen molar-refractivity contribution in [3.8, 4) is 0 Å². The summed E-state index contributed by atoms with van der Waals surface area (Å²) in [7, 11) is 2.42. The molecular weight excluding hydrogens is 435 g/mol. The molecule has 0 amide bonds. The standard InChI is InChI=1S/2C5H11.4CH3.H5OSi2.Pt/c2*1-3-5-4-2;;;;;2-1-3;/h2*1,3-5H2,2H3;4*1H3;2H2,3H3;/q6*-1;;. The minimum Gasteiger partial charge on any atom is -0.468 e. The van der Waals surface area contributed by atoms with Crippen LogP contribution >= 0.6 is 0 Å². The van der Waals surface area contributed by atoms with Gasteiger partial charge in [0.25, 0.3) is 0 Å². The Morgan fingerprint density at radius 2 is 1.06 bits per heavy atom. The van der Waals surface area contributed by atoms with E-state index >= 15 is 0 Å². The van der Waals surface area contributed by atoms with Crippen LogP contribution in [0.2, 0.25) is 0 Å². The molecule has 0 bridgehead atoms. The van der Waals surface area contributed by atoms with E-state index in [0.29, 0.717) is 0 Å².